The third kappa shape index (κ3) is 4.78. The minimum atomic E-state index is -0.187. The summed E-state index contributed by atoms with van der Waals surface area (Å²) >= 11 is 0. The summed E-state index contributed by atoms with van der Waals surface area (Å²) in [7, 11) is 0. The molecular weight excluding hydrogens is 858 g/mol. The van der Waals surface area contributed by atoms with E-state index in [1.54, 1.807) is 16.7 Å². The van der Waals surface area contributed by atoms with E-state index in [2.05, 4.69) is 196 Å². The molecule has 7 aliphatic carbocycles. The number of hydrogen-bond donors (Lipinski definition) is 0. The summed E-state index contributed by atoms with van der Waals surface area (Å²) in [5.74, 6) is 4.21. The van der Waals surface area contributed by atoms with Gasteiger partial charge < -0.3 is 14.7 Å². The van der Waals surface area contributed by atoms with Crippen molar-refractivity contribution < 1.29 is 0 Å². The number of para-hydroxylation sites is 1. The minimum Gasteiger partial charge on any atom is -0.334 e. The van der Waals surface area contributed by atoms with Crippen molar-refractivity contribution in [2.45, 2.75) is 127 Å². The van der Waals surface area contributed by atoms with E-state index in [1.807, 2.05) is 0 Å². The van der Waals surface area contributed by atoms with Gasteiger partial charge in [-0.25, -0.2) is 0 Å². The van der Waals surface area contributed by atoms with Crippen LogP contribution >= 0.6 is 0 Å². The number of nitrogens with zero attached hydrogens (tertiary/aromatic N) is 3. The Morgan fingerprint density at radius 3 is 1.73 bits per heavy atom. The first-order chi connectivity index (χ1) is 34.4. The van der Waals surface area contributed by atoms with Gasteiger partial charge in [0.2, 0.25) is 0 Å². The predicted octanol–water partition coefficient (Wildman–Crippen LogP) is 14.6. The maximum absolute atomic E-state index is 2.82. The van der Waals surface area contributed by atoms with Gasteiger partial charge in [0.1, 0.15) is 0 Å². The minimum absolute atomic E-state index is 0.0449. The van der Waals surface area contributed by atoms with Gasteiger partial charge in [0.15, 0.2) is 0 Å². The third-order valence-corrected chi connectivity index (χ3v) is 22.3. The van der Waals surface area contributed by atoms with Crippen LogP contribution in [-0.4, -0.2) is 12.3 Å². The number of fused-ring (bicyclic) bond motifs is 3. The lowest BCUT2D eigenvalue weighted by Gasteiger charge is -2.60. The monoisotopic (exact) mass is 922 g/mol. The highest BCUT2D eigenvalue weighted by Crippen LogP contribution is 2.66. The van der Waals surface area contributed by atoms with Crippen LogP contribution in [0, 0.1) is 29.6 Å². The first-order valence-electron chi connectivity index (χ1n) is 27.7. The maximum atomic E-state index is 2.82. The zero-order valence-corrected chi connectivity index (χ0v) is 42.4. The van der Waals surface area contributed by atoms with E-state index in [0.29, 0.717) is 5.92 Å². The first kappa shape index (κ1) is 40.6. The van der Waals surface area contributed by atoms with Gasteiger partial charge in [-0.1, -0.05) is 149 Å². The lowest BCUT2D eigenvalue weighted by molar-refractivity contribution is 0.00736. The molecule has 0 aromatic heterocycles. The maximum Gasteiger partial charge on any atom is 0.252 e. The van der Waals surface area contributed by atoms with Crippen LogP contribution in [0.25, 0.3) is 0 Å². The lowest BCUT2D eigenvalue weighted by atomic mass is 9.28. The number of allylic oxidation sites excluding steroid dienone is 6. The fourth-order valence-electron chi connectivity index (χ4n) is 18.6. The predicted molar refractivity (Wildman–Crippen MR) is 295 cm³/mol. The van der Waals surface area contributed by atoms with E-state index in [1.165, 1.54) is 147 Å². The zero-order valence-electron chi connectivity index (χ0n) is 42.4. The first-order valence-corrected chi connectivity index (χ1v) is 27.7. The molecule has 6 aromatic rings. The molecule has 0 N–H and O–H groups in total. The molecule has 0 amide bonds. The highest BCUT2D eigenvalue weighted by atomic mass is 15.3. The van der Waals surface area contributed by atoms with Crippen LogP contribution in [0.3, 0.4) is 0 Å². The molecule has 4 saturated carbocycles. The summed E-state index contributed by atoms with van der Waals surface area (Å²) in [4.78, 5) is 8.22. The molecule has 71 heavy (non-hydrogen) atoms. The Kier molecular flexibility index (Phi) is 7.41. The third-order valence-electron chi connectivity index (χ3n) is 22.3. The smallest absolute Gasteiger partial charge is 0.252 e. The number of rotatable bonds is 5. The van der Waals surface area contributed by atoms with Crippen molar-refractivity contribution in [3.63, 3.8) is 0 Å². The summed E-state index contributed by atoms with van der Waals surface area (Å²) < 4.78 is 0. The Bertz CT molecular complexity index is 3390. The van der Waals surface area contributed by atoms with E-state index in [-0.39, 0.29) is 33.9 Å². The number of benzene rings is 6. The summed E-state index contributed by atoms with van der Waals surface area (Å²) in [5, 5.41) is 0. The molecule has 0 radical (unpaired) electrons. The fraction of sp³-hybridized carbons (Fsp3) is 0.373. The van der Waals surface area contributed by atoms with Gasteiger partial charge in [-0.15, -0.1) is 0 Å². The van der Waals surface area contributed by atoms with E-state index in [4.69, 9.17) is 0 Å². The van der Waals surface area contributed by atoms with Crippen molar-refractivity contribution in [2.75, 3.05) is 14.7 Å². The molecule has 4 fully saturated rings. The topological polar surface area (TPSA) is 9.72 Å². The Balaban J connectivity index is 0.904. The van der Waals surface area contributed by atoms with Crippen molar-refractivity contribution in [3.05, 3.63) is 184 Å². The largest absolute Gasteiger partial charge is 0.334 e. The van der Waals surface area contributed by atoms with Crippen LogP contribution < -0.4 is 31.1 Å². The van der Waals surface area contributed by atoms with E-state index < -0.39 is 0 Å². The summed E-state index contributed by atoms with van der Waals surface area (Å²) in [5.41, 5.74) is 27.3. The van der Waals surface area contributed by atoms with Gasteiger partial charge in [0.25, 0.3) is 6.71 Å². The molecule has 4 heterocycles. The van der Waals surface area contributed by atoms with Gasteiger partial charge >= 0.3 is 0 Å². The molecule has 6 aromatic carbocycles. The lowest BCUT2D eigenvalue weighted by Crippen LogP contribution is -2.67. The second-order valence-corrected chi connectivity index (χ2v) is 26.1. The summed E-state index contributed by atoms with van der Waals surface area (Å²) in [6, 6.07) is 49.1. The molecule has 4 heteroatoms. The van der Waals surface area contributed by atoms with Crippen molar-refractivity contribution in [1.29, 1.82) is 0 Å². The Morgan fingerprint density at radius 2 is 1.11 bits per heavy atom. The molecule has 0 saturated heterocycles. The molecule has 17 rings (SSSR count). The van der Waals surface area contributed by atoms with Crippen molar-refractivity contribution in [2.24, 2.45) is 29.6 Å². The molecule has 3 nitrogen and oxygen atoms in total. The van der Waals surface area contributed by atoms with Crippen molar-refractivity contribution >= 4 is 68.6 Å². The summed E-state index contributed by atoms with van der Waals surface area (Å²) in [6.07, 6.45) is 19.3. The molecule has 9 atom stereocenters. The zero-order chi connectivity index (χ0) is 47.3. The fourth-order valence-corrected chi connectivity index (χ4v) is 18.6. The van der Waals surface area contributed by atoms with Crippen LogP contribution in [-0.2, 0) is 21.7 Å². The molecule has 0 bridgehead atoms. The molecular formula is C67H64BN3. The Hall–Kier alpha value is -6.00. The highest BCUT2D eigenvalue weighted by Gasteiger charge is 2.59. The SMILES string of the molecule is CC1(c2ccc(N3c4cc(N5c6ccccc6C6(C)CCCCC56C)cc5c4B4c6c3cccc6C(C)(C)c3cccc(c34)N5c3ccc(C4(C)C=C5CC6CC(C4)C56)cc3)cc2)C=C2CC3=CC(C1)C32. The number of hydrogen-bond acceptors (Lipinski definition) is 3. The van der Waals surface area contributed by atoms with Crippen LogP contribution in [0.15, 0.2) is 156 Å². The molecule has 4 aliphatic heterocycles. The van der Waals surface area contributed by atoms with Gasteiger partial charge in [-0.05, 0) is 174 Å². The van der Waals surface area contributed by atoms with Gasteiger partial charge in [0.05, 0.1) is 5.54 Å². The molecule has 350 valence electrons. The summed E-state index contributed by atoms with van der Waals surface area (Å²) in [6.45, 7) is 15.3. The van der Waals surface area contributed by atoms with Gasteiger partial charge in [0, 0.05) is 73.1 Å². The molecule has 0 spiro atoms. The quantitative estimate of drug-likeness (QED) is 0.126. The number of anilines is 8. The normalized spacial score (nSPS) is 33.6. The van der Waals surface area contributed by atoms with Crippen LogP contribution in [0.5, 0.6) is 0 Å². The second-order valence-electron chi connectivity index (χ2n) is 26.1. The van der Waals surface area contributed by atoms with Crippen LogP contribution in [0.1, 0.15) is 127 Å². The van der Waals surface area contributed by atoms with Gasteiger partial charge in [-0.2, -0.15) is 0 Å². The van der Waals surface area contributed by atoms with Crippen LogP contribution in [0.2, 0.25) is 0 Å². The van der Waals surface area contributed by atoms with E-state index in [0.717, 1.165) is 23.7 Å². The van der Waals surface area contributed by atoms with Gasteiger partial charge in [-0.3, -0.25) is 0 Å². The average Bonchev–Trinajstić information content (AvgIpc) is 3.56. The van der Waals surface area contributed by atoms with E-state index >= 15 is 0 Å². The second kappa shape index (κ2) is 13.0. The highest BCUT2D eigenvalue weighted by molar-refractivity contribution is 7.01. The molecule has 11 aliphatic rings. The molecule has 9 unspecified atom stereocenters. The Labute approximate surface area is 421 Å². The van der Waals surface area contributed by atoms with Crippen molar-refractivity contribution in [3.8, 4) is 0 Å². The Morgan fingerprint density at radius 1 is 0.521 bits per heavy atom. The van der Waals surface area contributed by atoms with Crippen molar-refractivity contribution in [1.82, 2.24) is 0 Å². The average molecular weight is 922 g/mol. The van der Waals surface area contributed by atoms with E-state index in [9.17, 15) is 0 Å². The van der Waals surface area contributed by atoms with Crippen LogP contribution in [0.4, 0.5) is 45.5 Å². The standard InChI is InChI=1S/C67H64BN3/c1-63(2)51-14-11-17-54-60(51)68-61-52(63)15-12-18-55(61)70(48-25-21-46(22-26-48)65(4)37-43-31-40-32-44(38-65)59(40)43)57-34-49(71-53-16-8-7-13-50(53)66(5)27-9-10-28-67(66,71)6)33-56(62(57)68)69(54)47-23-19-45(20-24-47)64(3)35-41-29-39-30-42(36-64)58(39)41/h7-8,11-26,29,33-34,36-37,40-41,44,58-59H,9-10,27-28,30-32,35,38H2,1-6H3.